The van der Waals surface area contributed by atoms with Crippen molar-refractivity contribution in [2.75, 3.05) is 32.7 Å². The van der Waals surface area contributed by atoms with Crippen LogP contribution in [0.3, 0.4) is 0 Å². The number of tetrazole rings is 1. The maximum Gasteiger partial charge on any atom is 0.353 e. The van der Waals surface area contributed by atoms with Crippen LogP contribution in [0, 0.1) is 11.8 Å². The highest BCUT2D eigenvalue weighted by molar-refractivity contribution is 8.03. The number of β-lactam (4-membered cyclic amide) rings is 1. The van der Waals surface area contributed by atoms with Crippen LogP contribution in [0.5, 0.6) is 0 Å². The van der Waals surface area contributed by atoms with Gasteiger partial charge in [-0.15, -0.1) is 16.9 Å². The number of hydrogen-bond acceptors (Lipinski definition) is 11. The molecule has 4 aliphatic heterocycles. The number of thioether (sulfide) groups is 1. The number of nitrogens with zero attached hydrogens (tertiary/aromatic N) is 6. The normalized spacial score (nSPS) is 30.4. The first-order valence-corrected chi connectivity index (χ1v) is 14.5. The Hall–Kier alpha value is -3.08. The van der Waals surface area contributed by atoms with Crippen LogP contribution in [-0.2, 0) is 25.7 Å². The minimum Gasteiger partial charge on any atom is -0.477 e. The molecule has 5 heterocycles. The van der Waals surface area contributed by atoms with Crippen molar-refractivity contribution in [2.45, 2.75) is 62.7 Å². The number of likely N-dealkylation sites (tertiary alicyclic amines) is 1. The largest absolute Gasteiger partial charge is 0.477 e. The minimum atomic E-state index is -1.15. The lowest BCUT2D eigenvalue weighted by Gasteiger charge is -2.47. The SMILES string of the molecule is C[C@@H](NC(=O)Cn1cnnn1)[C@H]1C(=O)N2C(C(=O)O)=C(S[C@@H]3CN[C@H](C(=O)N4CCC(NCCN)C4)C3)[C@H](C)[C@H]12. The van der Waals surface area contributed by atoms with E-state index in [1.165, 1.54) is 27.7 Å². The Morgan fingerprint density at radius 3 is 2.85 bits per heavy atom. The molecular weight excluding hydrogens is 540 g/mol. The van der Waals surface area contributed by atoms with Gasteiger partial charge >= 0.3 is 5.97 Å². The van der Waals surface area contributed by atoms with Crippen molar-refractivity contribution in [2.24, 2.45) is 17.6 Å². The Balaban J connectivity index is 1.19. The van der Waals surface area contributed by atoms with Crippen LogP contribution in [0.1, 0.15) is 26.7 Å². The van der Waals surface area contributed by atoms with Crippen LogP contribution >= 0.6 is 11.8 Å². The number of carbonyl (C=O) groups excluding carboxylic acids is 3. The number of nitrogens with one attached hydrogen (secondary N) is 3. The number of carbonyl (C=O) groups is 4. The summed E-state index contributed by atoms with van der Waals surface area (Å²) in [7, 11) is 0. The van der Waals surface area contributed by atoms with Gasteiger partial charge < -0.3 is 36.6 Å². The van der Waals surface area contributed by atoms with Gasteiger partial charge in [0.15, 0.2) is 0 Å². The highest BCUT2D eigenvalue weighted by Gasteiger charge is 2.60. The van der Waals surface area contributed by atoms with Crippen molar-refractivity contribution in [3.8, 4) is 0 Å². The Bertz CT molecular complexity index is 1180. The molecule has 7 atom stereocenters. The number of rotatable bonds is 11. The predicted octanol–water partition coefficient (Wildman–Crippen LogP) is -2.44. The minimum absolute atomic E-state index is 0.00446. The average molecular weight is 577 g/mol. The third-order valence-electron chi connectivity index (χ3n) is 8.18. The lowest BCUT2D eigenvalue weighted by Crippen LogP contribution is -2.66. The van der Waals surface area contributed by atoms with Gasteiger partial charge in [-0.05, 0) is 30.2 Å². The molecule has 1 aromatic heterocycles. The van der Waals surface area contributed by atoms with E-state index in [0.29, 0.717) is 37.5 Å². The molecular formula is C24H36N10O5S. The molecule has 3 saturated heterocycles. The molecule has 0 radical (unpaired) electrons. The monoisotopic (exact) mass is 576 g/mol. The van der Waals surface area contributed by atoms with Gasteiger partial charge in [-0.3, -0.25) is 14.4 Å². The van der Waals surface area contributed by atoms with Crippen molar-refractivity contribution >= 4 is 35.5 Å². The van der Waals surface area contributed by atoms with E-state index in [1.54, 1.807) is 6.92 Å². The van der Waals surface area contributed by atoms with Crippen LogP contribution < -0.4 is 21.7 Å². The van der Waals surface area contributed by atoms with Gasteiger partial charge in [-0.1, -0.05) is 6.92 Å². The molecule has 15 nitrogen and oxygen atoms in total. The molecule has 16 heteroatoms. The molecule has 40 heavy (non-hydrogen) atoms. The Labute approximate surface area is 235 Å². The van der Waals surface area contributed by atoms with E-state index in [4.69, 9.17) is 5.73 Å². The van der Waals surface area contributed by atoms with Gasteiger partial charge in [0.2, 0.25) is 17.7 Å². The van der Waals surface area contributed by atoms with Gasteiger partial charge in [-0.2, -0.15) is 0 Å². The van der Waals surface area contributed by atoms with Crippen LogP contribution in [0.25, 0.3) is 0 Å². The van der Waals surface area contributed by atoms with Crippen LogP contribution in [0.15, 0.2) is 16.9 Å². The number of carboxylic acid groups (broad SMARTS) is 1. The number of carboxylic acids is 1. The molecule has 6 N–H and O–H groups in total. The Morgan fingerprint density at radius 2 is 2.15 bits per heavy atom. The van der Waals surface area contributed by atoms with Crippen molar-refractivity contribution in [1.82, 2.24) is 46.0 Å². The number of amides is 3. The van der Waals surface area contributed by atoms with Crippen molar-refractivity contribution in [1.29, 1.82) is 0 Å². The lowest BCUT2D eigenvalue weighted by molar-refractivity contribution is -0.158. The van der Waals surface area contributed by atoms with Crippen molar-refractivity contribution in [3.63, 3.8) is 0 Å². The zero-order valence-electron chi connectivity index (χ0n) is 22.5. The third-order valence-corrected chi connectivity index (χ3v) is 9.69. The van der Waals surface area contributed by atoms with E-state index in [1.807, 2.05) is 11.8 Å². The summed E-state index contributed by atoms with van der Waals surface area (Å²) >= 11 is 1.45. The zero-order chi connectivity index (χ0) is 28.6. The fourth-order valence-corrected chi connectivity index (χ4v) is 7.76. The van der Waals surface area contributed by atoms with E-state index in [9.17, 15) is 24.3 Å². The van der Waals surface area contributed by atoms with E-state index >= 15 is 0 Å². The molecule has 0 aliphatic carbocycles. The summed E-state index contributed by atoms with van der Waals surface area (Å²) in [6.45, 7) is 6.80. The number of nitrogens with two attached hydrogens (primary N) is 1. The lowest BCUT2D eigenvalue weighted by atomic mass is 9.78. The molecule has 3 fully saturated rings. The number of hydrogen-bond donors (Lipinski definition) is 5. The highest BCUT2D eigenvalue weighted by atomic mass is 32.2. The van der Waals surface area contributed by atoms with Crippen molar-refractivity contribution < 1.29 is 24.3 Å². The van der Waals surface area contributed by atoms with Gasteiger partial charge in [0, 0.05) is 60.9 Å². The molecule has 3 amide bonds. The first-order valence-electron chi connectivity index (χ1n) is 13.6. The molecule has 1 unspecified atom stereocenters. The zero-order valence-corrected chi connectivity index (χ0v) is 23.3. The maximum absolute atomic E-state index is 13.2. The molecule has 1 aromatic rings. The van der Waals surface area contributed by atoms with E-state index < -0.39 is 17.9 Å². The standard InChI is InChI=1S/C24H36N10O5S/c1-12-19-18(13(2)29-17(35)10-33-11-28-30-31-33)23(37)34(19)20(24(38)39)21(12)40-15-7-16(27-8-15)22(36)32-6-3-14(9-32)26-5-4-25/h11-16,18-19,26-27H,3-10,25H2,1-2H3,(H,29,35)(H,38,39)/t12-,13-,14?,15+,16+,18-,19-/m1/s1. The number of fused-ring (bicyclic) bond motifs is 1. The smallest absolute Gasteiger partial charge is 0.353 e. The van der Waals surface area contributed by atoms with Crippen molar-refractivity contribution in [3.05, 3.63) is 16.9 Å². The summed E-state index contributed by atoms with van der Waals surface area (Å²) in [5.41, 5.74) is 5.59. The summed E-state index contributed by atoms with van der Waals surface area (Å²) in [5.74, 6) is -2.51. The summed E-state index contributed by atoms with van der Waals surface area (Å²) < 4.78 is 1.28. The molecule has 0 aromatic carbocycles. The second-order valence-corrected chi connectivity index (χ2v) is 12.2. The summed E-state index contributed by atoms with van der Waals surface area (Å²) in [6.07, 6.45) is 2.80. The first-order chi connectivity index (χ1) is 19.2. The second kappa shape index (κ2) is 11.8. The molecule has 218 valence electrons. The average Bonchev–Trinajstić information content (AvgIpc) is 3.71. The van der Waals surface area contributed by atoms with Gasteiger partial charge in [-0.25, -0.2) is 9.48 Å². The fourth-order valence-electron chi connectivity index (χ4n) is 6.28. The fraction of sp³-hybridized carbons (Fsp3) is 0.708. The van der Waals surface area contributed by atoms with Gasteiger partial charge in [0.25, 0.3) is 0 Å². The number of aromatic nitrogens is 4. The third kappa shape index (κ3) is 5.44. The van der Waals surface area contributed by atoms with Crippen LogP contribution in [0.2, 0.25) is 0 Å². The Kier molecular flexibility index (Phi) is 8.39. The quantitative estimate of drug-likeness (QED) is 0.175. The maximum atomic E-state index is 13.2. The van der Waals surface area contributed by atoms with Crippen LogP contribution in [-0.4, -0.2) is 121 Å². The predicted molar refractivity (Wildman–Crippen MR) is 143 cm³/mol. The molecule has 0 bridgehead atoms. The second-order valence-electron chi connectivity index (χ2n) is 10.8. The van der Waals surface area contributed by atoms with Crippen LogP contribution in [0.4, 0.5) is 0 Å². The summed E-state index contributed by atoms with van der Waals surface area (Å²) in [5, 5.41) is 30.2. The van der Waals surface area contributed by atoms with Gasteiger partial charge in [0.1, 0.15) is 18.6 Å². The summed E-state index contributed by atoms with van der Waals surface area (Å²) in [4.78, 5) is 55.0. The first kappa shape index (κ1) is 28.4. The van der Waals surface area contributed by atoms with E-state index in [-0.39, 0.29) is 59.3 Å². The topological polar surface area (TPSA) is 201 Å². The molecule has 0 saturated carbocycles. The summed E-state index contributed by atoms with van der Waals surface area (Å²) in [6, 6.07) is -0.932. The van der Waals surface area contributed by atoms with E-state index in [2.05, 4.69) is 31.5 Å². The Morgan fingerprint density at radius 1 is 1.35 bits per heavy atom. The molecule has 0 spiro atoms. The molecule has 4 aliphatic rings. The number of aliphatic carboxylic acids is 1. The van der Waals surface area contributed by atoms with E-state index in [0.717, 1.165) is 13.0 Å². The highest BCUT2D eigenvalue weighted by Crippen LogP contribution is 2.51. The van der Waals surface area contributed by atoms with Gasteiger partial charge in [0.05, 0.1) is 18.0 Å². The molecule has 5 rings (SSSR count).